The van der Waals surface area contributed by atoms with Gasteiger partial charge in [0.25, 0.3) is 0 Å². The number of esters is 3. The largest absolute Gasteiger partial charge is 0.462 e. The summed E-state index contributed by atoms with van der Waals surface area (Å²) in [6.45, 7) is 6.62. The maximum absolute atomic E-state index is 12.8. The molecule has 0 amide bonds. The Balaban J connectivity index is 4.33. The average Bonchev–Trinajstić information content (AvgIpc) is 3.23. The van der Waals surface area contributed by atoms with Gasteiger partial charge in [0.2, 0.25) is 0 Å². The molecule has 1 atom stereocenters. The summed E-state index contributed by atoms with van der Waals surface area (Å²) in [5, 5.41) is 0. The Morgan fingerprint density at radius 3 is 0.949 bits per heavy atom. The van der Waals surface area contributed by atoms with E-state index in [1.165, 1.54) is 161 Å². The third kappa shape index (κ3) is 46.8. The van der Waals surface area contributed by atoms with E-state index in [-0.39, 0.29) is 31.1 Å². The van der Waals surface area contributed by atoms with Gasteiger partial charge >= 0.3 is 17.9 Å². The van der Waals surface area contributed by atoms with Crippen LogP contribution in [0.25, 0.3) is 0 Å². The van der Waals surface area contributed by atoms with Gasteiger partial charge in [0, 0.05) is 19.3 Å². The van der Waals surface area contributed by atoms with E-state index in [1.54, 1.807) is 0 Å². The molecular formula is C53H98O6. The Labute approximate surface area is 366 Å². The van der Waals surface area contributed by atoms with Gasteiger partial charge in [-0.25, -0.2) is 0 Å². The van der Waals surface area contributed by atoms with Crippen LogP contribution in [0.3, 0.4) is 0 Å². The highest BCUT2D eigenvalue weighted by Crippen LogP contribution is 2.16. The lowest BCUT2D eigenvalue weighted by Gasteiger charge is -2.18. The molecule has 59 heavy (non-hydrogen) atoms. The van der Waals surface area contributed by atoms with E-state index >= 15 is 0 Å². The number of hydrogen-bond acceptors (Lipinski definition) is 6. The molecule has 0 saturated carbocycles. The number of unbranched alkanes of at least 4 members (excludes halogenated alkanes) is 32. The highest BCUT2D eigenvalue weighted by molar-refractivity contribution is 5.71. The molecular weight excluding hydrogens is 733 g/mol. The van der Waals surface area contributed by atoms with Gasteiger partial charge in [-0.05, 0) is 51.4 Å². The predicted molar refractivity (Wildman–Crippen MR) is 252 cm³/mol. The quantitative estimate of drug-likeness (QED) is 0.0263. The van der Waals surface area contributed by atoms with Crippen molar-refractivity contribution in [3.05, 3.63) is 24.3 Å². The van der Waals surface area contributed by atoms with E-state index in [9.17, 15) is 14.4 Å². The Kier molecular flexibility index (Phi) is 46.8. The van der Waals surface area contributed by atoms with Crippen molar-refractivity contribution in [1.29, 1.82) is 0 Å². The van der Waals surface area contributed by atoms with Crippen molar-refractivity contribution in [3.8, 4) is 0 Å². The van der Waals surface area contributed by atoms with Crippen LogP contribution >= 0.6 is 0 Å². The second kappa shape index (κ2) is 48.6. The molecule has 0 spiro atoms. The van der Waals surface area contributed by atoms with Crippen molar-refractivity contribution in [2.24, 2.45) is 0 Å². The second-order valence-corrected chi connectivity index (χ2v) is 17.4. The smallest absolute Gasteiger partial charge is 0.306 e. The molecule has 0 N–H and O–H groups in total. The summed E-state index contributed by atoms with van der Waals surface area (Å²) in [6.07, 6.45) is 54.4. The van der Waals surface area contributed by atoms with Gasteiger partial charge < -0.3 is 14.2 Å². The lowest BCUT2D eigenvalue weighted by molar-refractivity contribution is -0.167. The number of hydrogen-bond donors (Lipinski definition) is 0. The fourth-order valence-electron chi connectivity index (χ4n) is 7.53. The molecule has 0 aliphatic heterocycles. The summed E-state index contributed by atoms with van der Waals surface area (Å²) >= 11 is 0. The first-order valence-electron chi connectivity index (χ1n) is 25.8. The van der Waals surface area contributed by atoms with Gasteiger partial charge in [-0.3, -0.25) is 14.4 Å². The molecule has 6 heteroatoms. The standard InChI is InChI=1S/C53H98O6/c1-4-7-10-13-16-19-22-24-26-28-29-31-34-37-40-43-46-52(55)58-49-50(48-57-51(54)45-42-39-36-33-21-18-15-12-9-6-3)59-53(56)47-44-41-38-35-32-30-27-25-23-20-17-14-11-8-5-2/h19,22,26,28,50H,4-18,20-21,23-25,27,29-49H2,1-3H3/b22-19-,28-26-. The maximum Gasteiger partial charge on any atom is 0.306 e. The van der Waals surface area contributed by atoms with Gasteiger partial charge in [-0.15, -0.1) is 0 Å². The highest BCUT2D eigenvalue weighted by Gasteiger charge is 2.19. The van der Waals surface area contributed by atoms with Gasteiger partial charge in [0.15, 0.2) is 6.10 Å². The molecule has 1 unspecified atom stereocenters. The van der Waals surface area contributed by atoms with Crippen molar-refractivity contribution >= 4 is 17.9 Å². The van der Waals surface area contributed by atoms with Gasteiger partial charge in [-0.2, -0.15) is 0 Å². The van der Waals surface area contributed by atoms with Crippen LogP contribution in [0.5, 0.6) is 0 Å². The number of rotatable bonds is 47. The molecule has 0 aliphatic rings. The van der Waals surface area contributed by atoms with E-state index in [2.05, 4.69) is 45.1 Å². The van der Waals surface area contributed by atoms with Crippen LogP contribution in [0.2, 0.25) is 0 Å². The number of carbonyl (C=O) groups is 3. The number of allylic oxidation sites excluding steroid dienone is 4. The monoisotopic (exact) mass is 831 g/mol. The third-order valence-electron chi connectivity index (χ3n) is 11.5. The Morgan fingerprint density at radius 1 is 0.339 bits per heavy atom. The minimum absolute atomic E-state index is 0.0712. The zero-order chi connectivity index (χ0) is 43.0. The second-order valence-electron chi connectivity index (χ2n) is 17.4. The molecule has 0 aliphatic carbocycles. The number of ether oxygens (including phenoxy) is 3. The predicted octanol–water partition coefficient (Wildman–Crippen LogP) is 16.8. The first-order valence-corrected chi connectivity index (χ1v) is 25.8. The third-order valence-corrected chi connectivity index (χ3v) is 11.5. The van der Waals surface area contributed by atoms with E-state index in [1.807, 2.05) is 0 Å². The van der Waals surface area contributed by atoms with Crippen LogP contribution in [-0.2, 0) is 28.6 Å². The molecule has 346 valence electrons. The minimum Gasteiger partial charge on any atom is -0.462 e. The van der Waals surface area contributed by atoms with Crippen molar-refractivity contribution in [2.45, 2.75) is 284 Å². The molecule has 0 bridgehead atoms. The molecule has 0 aromatic carbocycles. The van der Waals surface area contributed by atoms with Crippen molar-refractivity contribution in [1.82, 2.24) is 0 Å². The van der Waals surface area contributed by atoms with Gasteiger partial charge in [0.05, 0.1) is 0 Å². The zero-order valence-electron chi connectivity index (χ0n) is 39.5. The normalized spacial score (nSPS) is 12.1. The van der Waals surface area contributed by atoms with Crippen molar-refractivity contribution in [3.63, 3.8) is 0 Å². The lowest BCUT2D eigenvalue weighted by atomic mass is 10.0. The molecule has 0 aromatic heterocycles. The first kappa shape index (κ1) is 56.9. The number of carbonyl (C=O) groups excluding carboxylic acids is 3. The molecule has 0 aromatic rings. The van der Waals surface area contributed by atoms with Crippen LogP contribution in [0.4, 0.5) is 0 Å². The molecule has 0 rings (SSSR count). The summed E-state index contributed by atoms with van der Waals surface area (Å²) in [6, 6.07) is 0. The molecule has 0 saturated heterocycles. The van der Waals surface area contributed by atoms with Crippen LogP contribution in [-0.4, -0.2) is 37.2 Å². The molecule has 0 radical (unpaired) electrons. The summed E-state index contributed by atoms with van der Waals surface area (Å²) < 4.78 is 16.8. The highest BCUT2D eigenvalue weighted by atomic mass is 16.6. The van der Waals surface area contributed by atoms with E-state index in [0.717, 1.165) is 77.0 Å². The zero-order valence-corrected chi connectivity index (χ0v) is 39.5. The topological polar surface area (TPSA) is 78.9 Å². The summed E-state index contributed by atoms with van der Waals surface area (Å²) in [5.74, 6) is -0.873. The van der Waals surface area contributed by atoms with Gasteiger partial charge in [0.1, 0.15) is 13.2 Å². The van der Waals surface area contributed by atoms with Crippen molar-refractivity contribution < 1.29 is 28.6 Å². The van der Waals surface area contributed by atoms with E-state index < -0.39 is 6.10 Å². The summed E-state index contributed by atoms with van der Waals surface area (Å²) in [5.41, 5.74) is 0. The molecule has 6 nitrogen and oxygen atoms in total. The van der Waals surface area contributed by atoms with Crippen LogP contribution in [0.15, 0.2) is 24.3 Å². The Hall–Kier alpha value is -2.11. The van der Waals surface area contributed by atoms with Crippen molar-refractivity contribution in [2.75, 3.05) is 13.2 Å². The van der Waals surface area contributed by atoms with E-state index in [0.29, 0.717) is 19.3 Å². The lowest BCUT2D eigenvalue weighted by Crippen LogP contribution is -2.30. The SMILES string of the molecule is CCCCCC/C=C\C/C=C\CCCCCCCC(=O)OCC(COC(=O)CCCCCCCCCCCC)OC(=O)CCCCCCCCCCCCCCCCC. The van der Waals surface area contributed by atoms with Crippen LogP contribution in [0, 0.1) is 0 Å². The van der Waals surface area contributed by atoms with Crippen LogP contribution in [0.1, 0.15) is 278 Å². The fourth-order valence-corrected chi connectivity index (χ4v) is 7.53. The van der Waals surface area contributed by atoms with E-state index in [4.69, 9.17) is 14.2 Å². The molecule has 0 heterocycles. The van der Waals surface area contributed by atoms with Gasteiger partial charge in [-0.1, -0.05) is 231 Å². The minimum atomic E-state index is -0.770. The first-order chi connectivity index (χ1) is 29.0. The summed E-state index contributed by atoms with van der Waals surface area (Å²) in [4.78, 5) is 37.9. The van der Waals surface area contributed by atoms with Crippen LogP contribution < -0.4 is 0 Å². The Bertz CT molecular complexity index is 958. The molecule has 0 fully saturated rings. The Morgan fingerprint density at radius 2 is 0.610 bits per heavy atom. The average molecular weight is 831 g/mol. The maximum atomic E-state index is 12.8. The fraction of sp³-hybridized carbons (Fsp3) is 0.868. The summed E-state index contributed by atoms with van der Waals surface area (Å²) in [7, 11) is 0.